The normalized spacial score (nSPS) is 12.6. The van der Waals surface area contributed by atoms with Crippen LogP contribution < -0.4 is 5.32 Å². The number of halogens is 1. The van der Waals surface area contributed by atoms with Crippen molar-refractivity contribution in [2.45, 2.75) is 33.2 Å². The van der Waals surface area contributed by atoms with E-state index in [1.807, 2.05) is 18.2 Å². The minimum absolute atomic E-state index is 0.196. The number of benzene rings is 2. The van der Waals surface area contributed by atoms with Gasteiger partial charge in [-0.1, -0.05) is 68.8 Å². The average molecular weight is 302 g/mol. The summed E-state index contributed by atoms with van der Waals surface area (Å²) in [4.78, 5) is 0. The summed E-state index contributed by atoms with van der Waals surface area (Å²) in [6.07, 6.45) is 1.13. The molecule has 2 aromatic rings. The molecule has 0 bridgehead atoms. The lowest BCUT2D eigenvalue weighted by Gasteiger charge is -2.20. The van der Waals surface area contributed by atoms with Crippen LogP contribution in [0, 0.1) is 5.92 Å². The highest BCUT2D eigenvalue weighted by atomic mass is 35.5. The van der Waals surface area contributed by atoms with Crippen molar-refractivity contribution in [2.24, 2.45) is 5.92 Å². The van der Waals surface area contributed by atoms with Gasteiger partial charge in [-0.2, -0.15) is 0 Å². The number of nitrogens with one attached hydrogen (secondary N) is 1. The molecule has 0 spiro atoms. The monoisotopic (exact) mass is 301 g/mol. The third kappa shape index (κ3) is 4.59. The SMILES string of the molecule is CCNC(c1ccc(CC(C)C)cc1)c1cccc(Cl)c1. The van der Waals surface area contributed by atoms with E-state index in [0.29, 0.717) is 5.92 Å². The zero-order valence-corrected chi connectivity index (χ0v) is 13.8. The van der Waals surface area contributed by atoms with E-state index in [-0.39, 0.29) is 6.04 Å². The van der Waals surface area contributed by atoms with Gasteiger partial charge in [-0.3, -0.25) is 0 Å². The highest BCUT2D eigenvalue weighted by Crippen LogP contribution is 2.25. The molecule has 1 unspecified atom stereocenters. The fourth-order valence-electron chi connectivity index (χ4n) is 2.64. The maximum Gasteiger partial charge on any atom is 0.0577 e. The molecule has 2 aromatic carbocycles. The van der Waals surface area contributed by atoms with E-state index in [1.165, 1.54) is 16.7 Å². The second-order valence-corrected chi connectivity index (χ2v) is 6.32. The van der Waals surface area contributed by atoms with Gasteiger partial charge in [-0.25, -0.2) is 0 Å². The summed E-state index contributed by atoms with van der Waals surface area (Å²) in [5, 5.41) is 4.33. The van der Waals surface area contributed by atoms with Crippen molar-refractivity contribution in [3.8, 4) is 0 Å². The van der Waals surface area contributed by atoms with Crippen molar-refractivity contribution >= 4 is 11.6 Å². The van der Waals surface area contributed by atoms with Crippen LogP contribution >= 0.6 is 11.6 Å². The molecule has 21 heavy (non-hydrogen) atoms. The van der Waals surface area contributed by atoms with Crippen LogP contribution in [0.1, 0.15) is 43.5 Å². The van der Waals surface area contributed by atoms with Gasteiger partial charge in [0.1, 0.15) is 0 Å². The summed E-state index contributed by atoms with van der Waals surface area (Å²) in [6.45, 7) is 7.55. The van der Waals surface area contributed by atoms with Gasteiger partial charge in [-0.05, 0) is 47.7 Å². The third-order valence-corrected chi connectivity index (χ3v) is 3.78. The molecule has 1 nitrogen and oxygen atoms in total. The minimum atomic E-state index is 0.196. The molecule has 0 aliphatic rings. The third-order valence-electron chi connectivity index (χ3n) is 3.55. The first-order chi connectivity index (χ1) is 10.1. The molecule has 0 aliphatic heterocycles. The van der Waals surface area contributed by atoms with Crippen LogP contribution in [0.2, 0.25) is 5.02 Å². The lowest BCUT2D eigenvalue weighted by atomic mass is 9.95. The van der Waals surface area contributed by atoms with E-state index in [4.69, 9.17) is 11.6 Å². The van der Waals surface area contributed by atoms with E-state index < -0.39 is 0 Å². The Hall–Kier alpha value is -1.31. The maximum atomic E-state index is 6.13. The number of hydrogen-bond acceptors (Lipinski definition) is 1. The number of rotatable bonds is 6. The molecule has 0 heterocycles. The first-order valence-corrected chi connectivity index (χ1v) is 8.05. The van der Waals surface area contributed by atoms with Crippen LogP contribution in [-0.2, 0) is 6.42 Å². The molecule has 0 aliphatic carbocycles. The molecule has 2 heteroatoms. The fourth-order valence-corrected chi connectivity index (χ4v) is 2.83. The van der Waals surface area contributed by atoms with Crippen LogP contribution in [0.25, 0.3) is 0 Å². The van der Waals surface area contributed by atoms with Crippen LogP contribution in [0.3, 0.4) is 0 Å². The molecule has 0 fully saturated rings. The summed E-state index contributed by atoms with van der Waals surface area (Å²) in [5.41, 5.74) is 3.89. The molecular weight excluding hydrogens is 278 g/mol. The zero-order chi connectivity index (χ0) is 15.2. The van der Waals surface area contributed by atoms with Gasteiger partial charge in [0.25, 0.3) is 0 Å². The Bertz CT molecular complexity index is 560. The van der Waals surface area contributed by atoms with E-state index in [2.05, 4.69) is 56.4 Å². The van der Waals surface area contributed by atoms with Crippen LogP contribution in [0.4, 0.5) is 0 Å². The molecule has 0 amide bonds. The Labute approximate surface area is 133 Å². The summed E-state index contributed by atoms with van der Waals surface area (Å²) < 4.78 is 0. The van der Waals surface area contributed by atoms with Crippen molar-refractivity contribution in [3.63, 3.8) is 0 Å². The lowest BCUT2D eigenvalue weighted by molar-refractivity contribution is 0.627. The average Bonchev–Trinajstić information content (AvgIpc) is 2.45. The van der Waals surface area contributed by atoms with Gasteiger partial charge < -0.3 is 5.32 Å². The molecular formula is C19H24ClN. The topological polar surface area (TPSA) is 12.0 Å². The second kappa shape index (κ2) is 7.63. The summed E-state index contributed by atoms with van der Waals surface area (Å²) in [6, 6.07) is 17.2. The Kier molecular flexibility index (Phi) is 5.84. The molecule has 1 atom stereocenters. The molecule has 2 rings (SSSR count). The van der Waals surface area contributed by atoms with Crippen LogP contribution in [-0.4, -0.2) is 6.54 Å². The molecule has 0 aromatic heterocycles. The maximum absolute atomic E-state index is 6.13. The van der Waals surface area contributed by atoms with Gasteiger partial charge in [0, 0.05) is 5.02 Å². The van der Waals surface area contributed by atoms with Crippen molar-refractivity contribution < 1.29 is 0 Å². The lowest BCUT2D eigenvalue weighted by Crippen LogP contribution is -2.22. The first kappa shape index (κ1) is 16.1. The Morgan fingerprint density at radius 2 is 1.71 bits per heavy atom. The Morgan fingerprint density at radius 1 is 1.00 bits per heavy atom. The summed E-state index contributed by atoms with van der Waals surface area (Å²) >= 11 is 6.13. The van der Waals surface area contributed by atoms with Crippen LogP contribution in [0.15, 0.2) is 48.5 Å². The zero-order valence-electron chi connectivity index (χ0n) is 13.1. The number of hydrogen-bond donors (Lipinski definition) is 1. The minimum Gasteiger partial charge on any atom is -0.307 e. The van der Waals surface area contributed by atoms with Gasteiger partial charge in [0.15, 0.2) is 0 Å². The van der Waals surface area contributed by atoms with E-state index in [1.54, 1.807) is 0 Å². The highest BCUT2D eigenvalue weighted by Gasteiger charge is 2.13. The van der Waals surface area contributed by atoms with Gasteiger partial charge >= 0.3 is 0 Å². The molecule has 0 radical (unpaired) electrons. The second-order valence-electron chi connectivity index (χ2n) is 5.89. The van der Waals surface area contributed by atoms with Crippen molar-refractivity contribution in [2.75, 3.05) is 6.54 Å². The fraction of sp³-hybridized carbons (Fsp3) is 0.368. The predicted molar refractivity (Wildman–Crippen MR) is 92.0 cm³/mol. The summed E-state index contributed by atoms with van der Waals surface area (Å²) in [5.74, 6) is 0.688. The quantitative estimate of drug-likeness (QED) is 0.769. The Morgan fingerprint density at radius 3 is 2.29 bits per heavy atom. The summed E-state index contributed by atoms with van der Waals surface area (Å²) in [7, 11) is 0. The molecule has 0 saturated heterocycles. The molecule has 112 valence electrons. The van der Waals surface area contributed by atoms with Crippen LogP contribution in [0.5, 0.6) is 0 Å². The van der Waals surface area contributed by atoms with E-state index in [9.17, 15) is 0 Å². The van der Waals surface area contributed by atoms with E-state index in [0.717, 1.165) is 18.0 Å². The first-order valence-electron chi connectivity index (χ1n) is 7.67. The standard InChI is InChI=1S/C19H24ClN/c1-4-21-19(17-6-5-7-18(20)13-17)16-10-8-15(9-11-16)12-14(2)3/h5-11,13-14,19,21H,4,12H2,1-3H3. The van der Waals surface area contributed by atoms with Crippen molar-refractivity contribution in [1.82, 2.24) is 5.32 Å². The molecule has 0 saturated carbocycles. The van der Waals surface area contributed by atoms with E-state index >= 15 is 0 Å². The van der Waals surface area contributed by atoms with Gasteiger partial charge in [0.05, 0.1) is 6.04 Å². The Balaban J connectivity index is 2.26. The van der Waals surface area contributed by atoms with Gasteiger partial charge in [0.2, 0.25) is 0 Å². The molecule has 1 N–H and O–H groups in total. The predicted octanol–water partition coefficient (Wildman–Crippen LogP) is 5.24. The van der Waals surface area contributed by atoms with Gasteiger partial charge in [-0.15, -0.1) is 0 Å². The van der Waals surface area contributed by atoms with Crippen molar-refractivity contribution in [1.29, 1.82) is 0 Å². The smallest absolute Gasteiger partial charge is 0.0577 e. The van der Waals surface area contributed by atoms with Crippen molar-refractivity contribution in [3.05, 3.63) is 70.2 Å². The highest BCUT2D eigenvalue weighted by molar-refractivity contribution is 6.30. The largest absolute Gasteiger partial charge is 0.307 e.